The topological polar surface area (TPSA) is 88.5 Å². The molecule has 162 valence electrons. The summed E-state index contributed by atoms with van der Waals surface area (Å²) < 4.78 is 1.48. The second-order valence-corrected chi connectivity index (χ2v) is 10.6. The summed E-state index contributed by atoms with van der Waals surface area (Å²) in [4.78, 5) is 53.2. The number of amides is 3. The van der Waals surface area contributed by atoms with Gasteiger partial charge in [0.05, 0.1) is 10.9 Å². The van der Waals surface area contributed by atoms with Crippen molar-refractivity contribution in [3.05, 3.63) is 49.4 Å². The van der Waals surface area contributed by atoms with E-state index in [1.807, 2.05) is 12.1 Å². The first kappa shape index (κ1) is 20.8. The van der Waals surface area contributed by atoms with Crippen LogP contribution in [0.15, 0.2) is 34.1 Å². The van der Waals surface area contributed by atoms with Crippen LogP contribution in [0.1, 0.15) is 35.6 Å². The number of carbonyl (C=O) groups is 3. The van der Waals surface area contributed by atoms with E-state index in [-0.39, 0.29) is 29.1 Å². The molecule has 1 N–H and O–H groups in total. The van der Waals surface area contributed by atoms with Crippen LogP contribution in [0.25, 0.3) is 0 Å². The van der Waals surface area contributed by atoms with Gasteiger partial charge in [0, 0.05) is 28.9 Å². The van der Waals surface area contributed by atoms with Crippen LogP contribution in [-0.4, -0.2) is 45.5 Å². The number of hydrogen-bond acceptors (Lipinski definition) is 6. The Morgan fingerprint density at radius 3 is 2.48 bits per heavy atom. The Kier molecular flexibility index (Phi) is 5.44. The quantitative estimate of drug-likeness (QED) is 0.686. The summed E-state index contributed by atoms with van der Waals surface area (Å²) in [7, 11) is 0. The summed E-state index contributed by atoms with van der Waals surface area (Å²) in [5.41, 5.74) is 0.821. The molecule has 4 heterocycles. The zero-order chi connectivity index (χ0) is 21.7. The molecule has 0 saturated carbocycles. The molecule has 7 nitrogen and oxygen atoms in total. The number of carbonyl (C=O) groups excluding carboxylic acids is 3. The molecule has 0 spiro atoms. The third-order valence-corrected chi connectivity index (χ3v) is 8.99. The van der Waals surface area contributed by atoms with Crippen LogP contribution >= 0.6 is 34.7 Å². The lowest BCUT2D eigenvalue weighted by molar-refractivity contribution is -0.133. The molecule has 3 atom stereocenters. The molecule has 3 aliphatic heterocycles. The summed E-state index contributed by atoms with van der Waals surface area (Å²) in [5, 5.41) is 2.99. The van der Waals surface area contributed by atoms with Gasteiger partial charge in [-0.1, -0.05) is 46.8 Å². The maximum atomic E-state index is 12.9. The highest BCUT2D eigenvalue weighted by molar-refractivity contribution is 8.00. The van der Waals surface area contributed by atoms with Gasteiger partial charge in [0.25, 0.3) is 0 Å². The first-order valence-corrected chi connectivity index (χ1v) is 12.3. The van der Waals surface area contributed by atoms with Gasteiger partial charge in [0.1, 0.15) is 11.8 Å². The number of nitrogens with zero attached hydrogens (tertiary/aromatic N) is 2. The van der Waals surface area contributed by atoms with Gasteiger partial charge in [0.2, 0.25) is 17.7 Å². The molecule has 31 heavy (non-hydrogen) atoms. The van der Waals surface area contributed by atoms with Gasteiger partial charge in [0.15, 0.2) is 0 Å². The highest BCUT2D eigenvalue weighted by Crippen LogP contribution is 2.51. The van der Waals surface area contributed by atoms with Gasteiger partial charge in [-0.05, 0) is 37.0 Å². The Morgan fingerprint density at radius 1 is 1.06 bits per heavy atom. The van der Waals surface area contributed by atoms with Gasteiger partial charge >= 0.3 is 4.87 Å². The molecule has 0 radical (unpaired) electrons. The molecule has 3 aliphatic rings. The van der Waals surface area contributed by atoms with E-state index in [9.17, 15) is 19.2 Å². The maximum Gasteiger partial charge on any atom is 0.308 e. The summed E-state index contributed by atoms with van der Waals surface area (Å²) in [6, 6.07) is 7.13. The van der Waals surface area contributed by atoms with Gasteiger partial charge in [-0.2, -0.15) is 0 Å². The SMILES string of the molecule is O=C1NC(=O)[C@H]2Sc3c(sc(=O)n3CC(=O)N3CCCCC3)[C@@H](c3ccc(Cl)cc3)[C@@H]12. The summed E-state index contributed by atoms with van der Waals surface area (Å²) in [5.74, 6) is -1.80. The van der Waals surface area contributed by atoms with Gasteiger partial charge in [-0.3, -0.25) is 29.1 Å². The van der Waals surface area contributed by atoms with Crippen molar-refractivity contribution >= 4 is 52.4 Å². The van der Waals surface area contributed by atoms with E-state index in [0.717, 1.165) is 41.0 Å². The normalized spacial score (nSPS) is 25.2. The lowest BCUT2D eigenvalue weighted by Crippen LogP contribution is -2.39. The first-order chi connectivity index (χ1) is 14.9. The van der Waals surface area contributed by atoms with E-state index >= 15 is 0 Å². The number of benzene rings is 1. The Hall–Kier alpha value is -2.10. The Morgan fingerprint density at radius 2 is 1.77 bits per heavy atom. The number of rotatable bonds is 3. The molecule has 10 heteroatoms. The van der Waals surface area contributed by atoms with Crippen molar-refractivity contribution in [2.45, 2.75) is 42.0 Å². The largest absolute Gasteiger partial charge is 0.341 e. The molecular weight excluding hydrogens is 458 g/mol. The lowest BCUT2D eigenvalue weighted by atomic mass is 9.83. The third-order valence-electron chi connectivity index (χ3n) is 6.12. The van der Waals surface area contributed by atoms with Crippen molar-refractivity contribution in [3.8, 4) is 0 Å². The first-order valence-electron chi connectivity index (χ1n) is 10.2. The highest BCUT2D eigenvalue weighted by atomic mass is 35.5. The fourth-order valence-corrected chi connectivity index (χ4v) is 7.45. The molecular formula is C21H20ClN3O4S2. The minimum atomic E-state index is -0.633. The van der Waals surface area contributed by atoms with Crippen LogP contribution in [0.3, 0.4) is 0 Å². The highest BCUT2D eigenvalue weighted by Gasteiger charge is 2.52. The van der Waals surface area contributed by atoms with Crippen molar-refractivity contribution in [1.82, 2.24) is 14.8 Å². The van der Waals surface area contributed by atoms with Gasteiger partial charge < -0.3 is 4.90 Å². The number of fused-ring (bicyclic) bond motifs is 2. The van der Waals surface area contributed by atoms with Crippen molar-refractivity contribution in [3.63, 3.8) is 0 Å². The number of halogens is 1. The van der Waals surface area contributed by atoms with Crippen LogP contribution in [0.5, 0.6) is 0 Å². The van der Waals surface area contributed by atoms with Crippen molar-refractivity contribution in [1.29, 1.82) is 0 Å². The number of piperidine rings is 1. The van der Waals surface area contributed by atoms with E-state index < -0.39 is 17.1 Å². The standard InChI is InChI=1S/C21H20ClN3O4S2/c22-12-6-4-11(5-7-12)14-15-16(19(28)23-18(15)27)30-20-17(14)31-21(29)25(20)10-13(26)24-8-2-1-3-9-24/h4-7,14-16H,1-3,8-10H2,(H,23,27,28)/t14-,15+,16-/m0/s1. The van der Waals surface area contributed by atoms with Gasteiger partial charge in [-0.15, -0.1) is 0 Å². The maximum absolute atomic E-state index is 12.9. The number of aromatic nitrogens is 1. The van der Waals surface area contributed by atoms with E-state index in [4.69, 9.17) is 11.6 Å². The molecule has 2 saturated heterocycles. The van der Waals surface area contributed by atoms with E-state index in [1.165, 1.54) is 16.3 Å². The second kappa shape index (κ2) is 8.11. The average Bonchev–Trinajstić information content (AvgIpc) is 3.23. The zero-order valence-electron chi connectivity index (χ0n) is 16.5. The molecule has 1 aromatic carbocycles. The fourth-order valence-electron chi connectivity index (χ4n) is 4.58. The number of thiazole rings is 1. The Labute approximate surface area is 191 Å². The third kappa shape index (κ3) is 3.62. The summed E-state index contributed by atoms with van der Waals surface area (Å²) >= 11 is 8.32. The summed E-state index contributed by atoms with van der Waals surface area (Å²) in [6.07, 6.45) is 3.06. The van der Waals surface area contributed by atoms with E-state index in [2.05, 4.69) is 5.32 Å². The van der Waals surface area contributed by atoms with Crippen LogP contribution in [0.4, 0.5) is 0 Å². The monoisotopic (exact) mass is 477 g/mol. The summed E-state index contributed by atoms with van der Waals surface area (Å²) in [6.45, 7) is 1.38. The number of imide groups is 1. The Balaban J connectivity index is 1.56. The molecule has 2 aromatic rings. The molecule has 0 bridgehead atoms. The fraction of sp³-hybridized carbons (Fsp3) is 0.429. The van der Waals surface area contributed by atoms with Crippen LogP contribution in [0, 0.1) is 5.92 Å². The second-order valence-electron chi connectivity index (χ2n) is 8.01. The smallest absolute Gasteiger partial charge is 0.308 e. The number of hydrogen-bond donors (Lipinski definition) is 1. The number of likely N-dealkylation sites (tertiary alicyclic amines) is 1. The molecule has 5 rings (SSSR count). The lowest BCUT2D eigenvalue weighted by Gasteiger charge is -2.31. The predicted octanol–water partition coefficient (Wildman–Crippen LogP) is 2.45. The van der Waals surface area contributed by atoms with Crippen LogP contribution in [0.2, 0.25) is 5.02 Å². The predicted molar refractivity (Wildman–Crippen MR) is 119 cm³/mol. The molecule has 2 fully saturated rings. The molecule has 0 aliphatic carbocycles. The Bertz CT molecular complexity index is 1120. The molecule has 0 unspecified atom stereocenters. The minimum absolute atomic E-state index is 0.0437. The molecule has 1 aromatic heterocycles. The van der Waals surface area contributed by atoms with E-state index in [0.29, 0.717) is 23.1 Å². The zero-order valence-corrected chi connectivity index (χ0v) is 18.9. The van der Waals surface area contributed by atoms with Crippen molar-refractivity contribution < 1.29 is 14.4 Å². The van der Waals surface area contributed by atoms with Crippen LogP contribution in [-0.2, 0) is 20.9 Å². The van der Waals surface area contributed by atoms with E-state index in [1.54, 1.807) is 17.0 Å². The van der Waals surface area contributed by atoms with Crippen molar-refractivity contribution in [2.24, 2.45) is 5.92 Å². The van der Waals surface area contributed by atoms with Gasteiger partial charge in [-0.25, -0.2) is 0 Å². The number of nitrogens with one attached hydrogen (secondary N) is 1. The average molecular weight is 478 g/mol. The van der Waals surface area contributed by atoms with Crippen molar-refractivity contribution in [2.75, 3.05) is 13.1 Å². The molecule has 3 amide bonds. The number of thioether (sulfide) groups is 1. The van der Waals surface area contributed by atoms with Crippen LogP contribution < -0.4 is 10.2 Å². The minimum Gasteiger partial charge on any atom is -0.341 e.